The minimum absolute atomic E-state index is 0.246. The van der Waals surface area contributed by atoms with Crippen LogP contribution < -0.4 is 5.32 Å². The van der Waals surface area contributed by atoms with Gasteiger partial charge in [0.1, 0.15) is 17.2 Å². The second-order valence-electron chi connectivity index (χ2n) is 6.06. The van der Waals surface area contributed by atoms with Crippen LogP contribution in [-0.4, -0.2) is 27.6 Å². The molecular weight excluding hydrogens is 291 g/mol. The Labute approximate surface area is 134 Å². The lowest BCUT2D eigenvalue weighted by molar-refractivity contribution is 0.366. The molecule has 0 saturated carbocycles. The summed E-state index contributed by atoms with van der Waals surface area (Å²) < 4.78 is 16.2. The molecule has 0 atom stereocenters. The molecule has 5 heteroatoms. The summed E-state index contributed by atoms with van der Waals surface area (Å²) in [4.78, 5) is 9.17. The van der Waals surface area contributed by atoms with Gasteiger partial charge in [-0.05, 0) is 56.1 Å². The van der Waals surface area contributed by atoms with Crippen LogP contribution in [0.3, 0.4) is 0 Å². The molecular formula is C18H19FN4. The van der Waals surface area contributed by atoms with Crippen molar-refractivity contribution in [1.29, 1.82) is 0 Å². The van der Waals surface area contributed by atoms with E-state index in [9.17, 15) is 4.39 Å². The highest BCUT2D eigenvalue weighted by atomic mass is 19.1. The number of para-hydroxylation sites is 1. The van der Waals surface area contributed by atoms with E-state index >= 15 is 0 Å². The molecule has 1 aliphatic rings. The van der Waals surface area contributed by atoms with Gasteiger partial charge in [0.2, 0.25) is 0 Å². The number of aromatic nitrogens is 3. The zero-order chi connectivity index (χ0) is 15.6. The standard InChI is InChI=1S/C18H19FN4/c19-14-4-1-2-6-16(14)23-17(12-13-7-10-20-11-8-13)22-15-5-3-9-21-18(15)23/h1-6,9,13,20H,7-8,10-12H2. The van der Waals surface area contributed by atoms with Crippen LogP contribution in [-0.2, 0) is 6.42 Å². The van der Waals surface area contributed by atoms with E-state index in [4.69, 9.17) is 4.98 Å². The van der Waals surface area contributed by atoms with Gasteiger partial charge >= 0.3 is 0 Å². The molecule has 4 nitrogen and oxygen atoms in total. The van der Waals surface area contributed by atoms with Crippen LogP contribution in [0, 0.1) is 11.7 Å². The van der Waals surface area contributed by atoms with Crippen molar-refractivity contribution in [2.24, 2.45) is 5.92 Å². The normalized spacial score (nSPS) is 16.0. The maximum absolute atomic E-state index is 14.4. The zero-order valence-electron chi connectivity index (χ0n) is 12.9. The third-order valence-corrected chi connectivity index (χ3v) is 4.51. The van der Waals surface area contributed by atoms with E-state index in [2.05, 4.69) is 10.3 Å². The summed E-state index contributed by atoms with van der Waals surface area (Å²) in [5.41, 5.74) is 2.07. The molecule has 3 heterocycles. The third kappa shape index (κ3) is 2.72. The zero-order valence-corrected chi connectivity index (χ0v) is 12.9. The van der Waals surface area contributed by atoms with E-state index < -0.39 is 0 Å². The fourth-order valence-electron chi connectivity index (χ4n) is 3.33. The first-order valence-corrected chi connectivity index (χ1v) is 8.11. The number of nitrogens with zero attached hydrogens (tertiary/aromatic N) is 3. The molecule has 1 aliphatic heterocycles. The van der Waals surface area contributed by atoms with Crippen LogP contribution in [0.1, 0.15) is 18.7 Å². The van der Waals surface area contributed by atoms with Crippen molar-refractivity contribution < 1.29 is 4.39 Å². The maximum atomic E-state index is 14.4. The lowest BCUT2D eigenvalue weighted by Crippen LogP contribution is -2.29. The molecule has 4 rings (SSSR count). The maximum Gasteiger partial charge on any atom is 0.164 e. The Morgan fingerprint density at radius 1 is 1.13 bits per heavy atom. The molecule has 0 aliphatic carbocycles. The van der Waals surface area contributed by atoms with Crippen molar-refractivity contribution in [3.8, 4) is 5.69 Å². The highest BCUT2D eigenvalue weighted by molar-refractivity contribution is 5.73. The van der Waals surface area contributed by atoms with Crippen molar-refractivity contribution in [3.63, 3.8) is 0 Å². The van der Waals surface area contributed by atoms with Crippen molar-refractivity contribution in [2.75, 3.05) is 13.1 Å². The number of halogens is 1. The Morgan fingerprint density at radius 3 is 2.78 bits per heavy atom. The first kappa shape index (κ1) is 14.3. The van der Waals surface area contributed by atoms with Crippen molar-refractivity contribution >= 4 is 11.2 Å². The molecule has 0 amide bonds. The van der Waals surface area contributed by atoms with Gasteiger partial charge in [-0.1, -0.05) is 12.1 Å². The van der Waals surface area contributed by atoms with Crippen LogP contribution in [0.25, 0.3) is 16.9 Å². The van der Waals surface area contributed by atoms with Crippen molar-refractivity contribution in [3.05, 3.63) is 54.2 Å². The molecule has 0 spiro atoms. The SMILES string of the molecule is Fc1ccccc1-n1c(CC2CCNCC2)nc2cccnc21. The summed E-state index contributed by atoms with van der Waals surface area (Å²) in [7, 11) is 0. The molecule has 3 aromatic rings. The van der Waals surface area contributed by atoms with Gasteiger partial charge < -0.3 is 5.32 Å². The lowest BCUT2D eigenvalue weighted by Gasteiger charge is -2.22. The van der Waals surface area contributed by atoms with E-state index in [1.54, 1.807) is 18.3 Å². The molecule has 1 aromatic carbocycles. The molecule has 23 heavy (non-hydrogen) atoms. The van der Waals surface area contributed by atoms with E-state index in [1.807, 2.05) is 22.8 Å². The Bertz CT molecular complexity index is 821. The van der Waals surface area contributed by atoms with Gasteiger partial charge in [0.25, 0.3) is 0 Å². The Kier molecular flexibility index (Phi) is 3.79. The first-order valence-electron chi connectivity index (χ1n) is 8.11. The largest absolute Gasteiger partial charge is 0.317 e. The summed E-state index contributed by atoms with van der Waals surface area (Å²) in [5, 5.41) is 3.38. The van der Waals surface area contributed by atoms with Gasteiger partial charge in [-0.3, -0.25) is 4.57 Å². The molecule has 0 bridgehead atoms. The van der Waals surface area contributed by atoms with E-state index in [-0.39, 0.29) is 5.82 Å². The molecule has 2 aromatic heterocycles. The average molecular weight is 310 g/mol. The third-order valence-electron chi connectivity index (χ3n) is 4.51. The van der Waals surface area contributed by atoms with Crippen LogP contribution >= 0.6 is 0 Å². The molecule has 0 radical (unpaired) electrons. The quantitative estimate of drug-likeness (QED) is 0.808. The van der Waals surface area contributed by atoms with Gasteiger partial charge in [-0.15, -0.1) is 0 Å². The van der Waals surface area contributed by atoms with Crippen LogP contribution in [0.15, 0.2) is 42.6 Å². The monoisotopic (exact) mass is 310 g/mol. The molecule has 1 saturated heterocycles. The fraction of sp³-hybridized carbons (Fsp3) is 0.333. The van der Waals surface area contributed by atoms with Gasteiger partial charge in [0.15, 0.2) is 5.65 Å². The second-order valence-corrected chi connectivity index (χ2v) is 6.06. The number of piperidine rings is 1. The number of imidazole rings is 1. The first-order chi connectivity index (χ1) is 11.3. The number of benzene rings is 1. The number of hydrogen-bond donors (Lipinski definition) is 1. The summed E-state index contributed by atoms with van der Waals surface area (Å²) in [6, 6.07) is 10.6. The van der Waals surface area contributed by atoms with Gasteiger partial charge in [-0.2, -0.15) is 0 Å². The Hall–Kier alpha value is -2.27. The minimum Gasteiger partial charge on any atom is -0.317 e. The van der Waals surface area contributed by atoms with Gasteiger partial charge in [-0.25, -0.2) is 14.4 Å². The Balaban J connectivity index is 1.83. The topological polar surface area (TPSA) is 42.7 Å². The number of nitrogens with one attached hydrogen (secondary N) is 1. The smallest absolute Gasteiger partial charge is 0.164 e. The fourth-order valence-corrected chi connectivity index (χ4v) is 3.33. The van der Waals surface area contributed by atoms with Crippen molar-refractivity contribution in [2.45, 2.75) is 19.3 Å². The predicted octanol–water partition coefficient (Wildman–Crippen LogP) is 3.10. The number of pyridine rings is 1. The van der Waals surface area contributed by atoms with Crippen LogP contribution in [0.5, 0.6) is 0 Å². The lowest BCUT2D eigenvalue weighted by atomic mass is 9.94. The molecule has 118 valence electrons. The van der Waals surface area contributed by atoms with Crippen molar-refractivity contribution in [1.82, 2.24) is 19.9 Å². The Morgan fingerprint density at radius 2 is 1.96 bits per heavy atom. The second kappa shape index (κ2) is 6.08. The highest BCUT2D eigenvalue weighted by Gasteiger charge is 2.20. The van der Waals surface area contributed by atoms with E-state index in [0.717, 1.165) is 49.3 Å². The molecule has 1 fully saturated rings. The minimum atomic E-state index is -0.246. The van der Waals surface area contributed by atoms with E-state index in [1.165, 1.54) is 6.07 Å². The van der Waals surface area contributed by atoms with Gasteiger partial charge in [0, 0.05) is 12.6 Å². The van der Waals surface area contributed by atoms with E-state index in [0.29, 0.717) is 11.6 Å². The number of fused-ring (bicyclic) bond motifs is 1. The highest BCUT2D eigenvalue weighted by Crippen LogP contribution is 2.25. The summed E-state index contributed by atoms with van der Waals surface area (Å²) in [6.07, 6.45) is 4.85. The van der Waals surface area contributed by atoms with Crippen LogP contribution in [0.2, 0.25) is 0 Å². The van der Waals surface area contributed by atoms with Gasteiger partial charge in [0.05, 0.1) is 5.69 Å². The number of rotatable bonds is 3. The summed E-state index contributed by atoms with van der Waals surface area (Å²) >= 11 is 0. The average Bonchev–Trinajstić information content (AvgIpc) is 2.94. The predicted molar refractivity (Wildman–Crippen MR) is 88.1 cm³/mol. The molecule has 1 N–H and O–H groups in total. The number of hydrogen-bond acceptors (Lipinski definition) is 3. The molecule has 0 unspecified atom stereocenters. The summed E-state index contributed by atoms with van der Waals surface area (Å²) in [5.74, 6) is 1.23. The van der Waals surface area contributed by atoms with Crippen LogP contribution in [0.4, 0.5) is 4.39 Å². The summed E-state index contributed by atoms with van der Waals surface area (Å²) in [6.45, 7) is 2.09.